The summed E-state index contributed by atoms with van der Waals surface area (Å²) in [6.45, 7) is 7.48. The Kier molecular flexibility index (Phi) is 3.08. The molecule has 0 radical (unpaired) electrons. The molecule has 0 aliphatic heterocycles. The van der Waals surface area contributed by atoms with E-state index in [9.17, 15) is 0 Å². The Balaban J connectivity index is 2.29. The van der Waals surface area contributed by atoms with E-state index in [-0.39, 0.29) is 0 Å². The highest BCUT2D eigenvalue weighted by Crippen LogP contribution is 2.26. The summed E-state index contributed by atoms with van der Waals surface area (Å²) >= 11 is 1.84. The van der Waals surface area contributed by atoms with E-state index in [1.165, 1.54) is 21.2 Å². The molecule has 0 spiro atoms. The number of fused-ring (bicyclic) bond motifs is 1. The van der Waals surface area contributed by atoms with Crippen LogP contribution < -0.4 is 5.32 Å². The van der Waals surface area contributed by atoms with Gasteiger partial charge in [-0.15, -0.1) is 11.3 Å². The monoisotopic (exact) mass is 219 g/mol. The van der Waals surface area contributed by atoms with E-state index in [4.69, 9.17) is 0 Å². The smallest absolute Gasteiger partial charge is 0.0348 e. The fraction of sp³-hybridized carbons (Fsp3) is 0.385. The number of hydrogen-bond donors (Lipinski definition) is 1. The molecule has 0 saturated carbocycles. The van der Waals surface area contributed by atoms with Crippen LogP contribution in [0.4, 0.5) is 0 Å². The van der Waals surface area contributed by atoms with E-state index in [1.54, 1.807) is 0 Å². The number of aryl methyl sites for hydroxylation is 1. The van der Waals surface area contributed by atoms with Gasteiger partial charge in [0.1, 0.15) is 0 Å². The second-order valence-electron chi connectivity index (χ2n) is 4.30. The van der Waals surface area contributed by atoms with Crippen LogP contribution in [0.3, 0.4) is 0 Å². The molecule has 0 aliphatic rings. The van der Waals surface area contributed by atoms with Gasteiger partial charge in [0.05, 0.1) is 0 Å². The first-order valence-electron chi connectivity index (χ1n) is 5.37. The average molecular weight is 219 g/mol. The third-order valence-corrected chi connectivity index (χ3v) is 3.51. The molecular weight excluding hydrogens is 202 g/mol. The summed E-state index contributed by atoms with van der Waals surface area (Å²) < 4.78 is 1.40. The average Bonchev–Trinajstić information content (AvgIpc) is 2.57. The second-order valence-corrected chi connectivity index (χ2v) is 5.21. The van der Waals surface area contributed by atoms with E-state index in [0.29, 0.717) is 6.04 Å². The number of thiophene rings is 1. The predicted molar refractivity (Wildman–Crippen MR) is 68.5 cm³/mol. The lowest BCUT2D eigenvalue weighted by Crippen LogP contribution is -2.21. The van der Waals surface area contributed by atoms with Gasteiger partial charge in [-0.05, 0) is 34.9 Å². The van der Waals surface area contributed by atoms with E-state index in [1.807, 2.05) is 11.3 Å². The quantitative estimate of drug-likeness (QED) is 0.830. The summed E-state index contributed by atoms with van der Waals surface area (Å²) in [7, 11) is 0. The predicted octanol–water partition coefficient (Wildman–Crippen LogP) is 3.71. The number of rotatable bonds is 3. The summed E-state index contributed by atoms with van der Waals surface area (Å²) in [6.07, 6.45) is 0. The van der Waals surface area contributed by atoms with Crippen molar-refractivity contribution in [1.29, 1.82) is 0 Å². The zero-order valence-corrected chi connectivity index (χ0v) is 10.3. The van der Waals surface area contributed by atoms with Crippen molar-refractivity contribution in [2.24, 2.45) is 0 Å². The zero-order valence-electron chi connectivity index (χ0n) is 9.50. The van der Waals surface area contributed by atoms with Crippen molar-refractivity contribution >= 4 is 21.4 Å². The topological polar surface area (TPSA) is 12.0 Å². The van der Waals surface area contributed by atoms with Gasteiger partial charge in [0.25, 0.3) is 0 Å². The zero-order chi connectivity index (χ0) is 10.8. The molecule has 0 amide bonds. The largest absolute Gasteiger partial charge is 0.310 e. The van der Waals surface area contributed by atoms with Crippen molar-refractivity contribution in [3.8, 4) is 0 Å². The Hall–Kier alpha value is -0.860. The lowest BCUT2D eigenvalue weighted by atomic mass is 10.1. The molecule has 0 bridgehead atoms. The Morgan fingerprint density at radius 3 is 2.87 bits per heavy atom. The summed E-state index contributed by atoms with van der Waals surface area (Å²) in [5, 5.41) is 7.13. The first-order valence-corrected chi connectivity index (χ1v) is 6.25. The molecular formula is C13H17NS. The fourth-order valence-corrected chi connectivity index (χ4v) is 2.70. The van der Waals surface area contributed by atoms with Crippen molar-refractivity contribution in [3.63, 3.8) is 0 Å². The van der Waals surface area contributed by atoms with Crippen LogP contribution in [0.15, 0.2) is 23.6 Å². The van der Waals surface area contributed by atoms with Crippen LogP contribution in [0.25, 0.3) is 10.1 Å². The normalized spacial score (nSPS) is 11.5. The van der Waals surface area contributed by atoms with Gasteiger partial charge >= 0.3 is 0 Å². The third kappa shape index (κ3) is 2.39. The maximum atomic E-state index is 3.46. The van der Waals surface area contributed by atoms with E-state index >= 15 is 0 Å². The fourth-order valence-electron chi connectivity index (χ4n) is 1.64. The number of benzene rings is 1. The Morgan fingerprint density at radius 1 is 1.33 bits per heavy atom. The Labute approximate surface area is 95.1 Å². The molecule has 2 heteroatoms. The van der Waals surface area contributed by atoms with Gasteiger partial charge in [-0.25, -0.2) is 0 Å². The van der Waals surface area contributed by atoms with Crippen LogP contribution >= 0.6 is 11.3 Å². The molecule has 0 fully saturated rings. The highest BCUT2D eigenvalue weighted by molar-refractivity contribution is 7.17. The van der Waals surface area contributed by atoms with Crippen LogP contribution in [0.5, 0.6) is 0 Å². The number of hydrogen-bond acceptors (Lipinski definition) is 2. The molecule has 1 aromatic carbocycles. The molecule has 2 rings (SSSR count). The van der Waals surface area contributed by atoms with Gasteiger partial charge in [-0.2, -0.15) is 0 Å². The highest BCUT2D eigenvalue weighted by atomic mass is 32.1. The maximum Gasteiger partial charge on any atom is 0.0348 e. The van der Waals surface area contributed by atoms with Crippen LogP contribution in [0.2, 0.25) is 0 Å². The van der Waals surface area contributed by atoms with Gasteiger partial charge < -0.3 is 5.32 Å². The van der Waals surface area contributed by atoms with Crippen molar-refractivity contribution < 1.29 is 0 Å². The summed E-state index contributed by atoms with van der Waals surface area (Å²) in [5.41, 5.74) is 2.76. The molecule has 0 unspecified atom stereocenters. The molecule has 80 valence electrons. The summed E-state index contributed by atoms with van der Waals surface area (Å²) in [6, 6.07) is 7.23. The van der Waals surface area contributed by atoms with Crippen molar-refractivity contribution in [2.45, 2.75) is 33.4 Å². The lowest BCUT2D eigenvalue weighted by molar-refractivity contribution is 0.591. The molecule has 0 aliphatic carbocycles. The molecule has 1 heterocycles. The van der Waals surface area contributed by atoms with Crippen LogP contribution in [0, 0.1) is 6.92 Å². The SMILES string of the molecule is Cc1ccc2c(CNC(C)C)csc2c1. The van der Waals surface area contributed by atoms with Gasteiger partial charge in [-0.1, -0.05) is 26.0 Å². The van der Waals surface area contributed by atoms with Gasteiger partial charge in [0, 0.05) is 17.3 Å². The Morgan fingerprint density at radius 2 is 2.13 bits per heavy atom. The van der Waals surface area contributed by atoms with Crippen LogP contribution in [-0.2, 0) is 6.54 Å². The summed E-state index contributed by atoms with van der Waals surface area (Å²) in [4.78, 5) is 0. The van der Waals surface area contributed by atoms with Gasteiger partial charge in [-0.3, -0.25) is 0 Å². The minimum atomic E-state index is 0.547. The van der Waals surface area contributed by atoms with E-state index in [0.717, 1.165) is 6.54 Å². The van der Waals surface area contributed by atoms with E-state index < -0.39 is 0 Å². The van der Waals surface area contributed by atoms with Gasteiger partial charge in [0.2, 0.25) is 0 Å². The molecule has 1 aromatic heterocycles. The summed E-state index contributed by atoms with van der Waals surface area (Å²) in [5.74, 6) is 0. The standard InChI is InChI=1S/C13H17NS/c1-9(2)14-7-11-8-15-13-6-10(3)4-5-12(11)13/h4-6,8-9,14H,7H2,1-3H3. The van der Waals surface area contributed by atoms with Crippen molar-refractivity contribution in [2.75, 3.05) is 0 Å². The molecule has 2 aromatic rings. The second kappa shape index (κ2) is 4.33. The minimum Gasteiger partial charge on any atom is -0.310 e. The lowest BCUT2D eigenvalue weighted by Gasteiger charge is -2.06. The minimum absolute atomic E-state index is 0.547. The van der Waals surface area contributed by atoms with Crippen LogP contribution in [-0.4, -0.2) is 6.04 Å². The van der Waals surface area contributed by atoms with Gasteiger partial charge in [0.15, 0.2) is 0 Å². The van der Waals surface area contributed by atoms with Crippen molar-refractivity contribution in [1.82, 2.24) is 5.32 Å². The molecule has 0 atom stereocenters. The third-order valence-electron chi connectivity index (χ3n) is 2.51. The number of nitrogens with one attached hydrogen (secondary N) is 1. The van der Waals surface area contributed by atoms with Crippen LogP contribution in [0.1, 0.15) is 25.0 Å². The molecule has 0 saturated heterocycles. The van der Waals surface area contributed by atoms with Crippen molar-refractivity contribution in [3.05, 3.63) is 34.7 Å². The Bertz CT molecular complexity index is 457. The molecule has 1 N–H and O–H groups in total. The first-order chi connectivity index (χ1) is 7.16. The maximum absolute atomic E-state index is 3.46. The molecule has 1 nitrogen and oxygen atoms in total. The first kappa shape index (κ1) is 10.7. The van der Waals surface area contributed by atoms with E-state index in [2.05, 4.69) is 49.7 Å². The molecule has 15 heavy (non-hydrogen) atoms. The highest BCUT2D eigenvalue weighted by Gasteiger charge is 2.04.